The van der Waals surface area contributed by atoms with Crippen molar-refractivity contribution in [3.63, 3.8) is 0 Å². The minimum absolute atomic E-state index is 0.0201. The highest BCUT2D eigenvalue weighted by molar-refractivity contribution is 9.10. The fourth-order valence-corrected chi connectivity index (χ4v) is 3.93. The topological polar surface area (TPSA) is 14.2 Å². The zero-order valence-electron chi connectivity index (χ0n) is 13.2. The first-order valence-corrected chi connectivity index (χ1v) is 9.20. The summed E-state index contributed by atoms with van der Waals surface area (Å²) in [6.07, 6.45) is -0.0435. The average molecular weight is 435 g/mol. The number of rotatable bonds is 0. The Kier molecular flexibility index (Phi) is 3.40. The van der Waals surface area contributed by atoms with Gasteiger partial charge in [-0.2, -0.15) is 0 Å². The molecule has 4 rings (SSSR count). The summed E-state index contributed by atoms with van der Waals surface area (Å²) in [5.41, 5.74) is 3.54. The standard InChI is InChI=1S/C19H17Br2NO/c1-19(2,3)18-22-15-7-5-12(20)8-11(15)9-16(22)14-6-4-13(21)10-17(14)23-18/h4-10,18H,1-3H3/t18-/m0/s1. The van der Waals surface area contributed by atoms with Crippen LogP contribution < -0.4 is 4.74 Å². The quantitative estimate of drug-likeness (QED) is 0.380. The summed E-state index contributed by atoms with van der Waals surface area (Å²) in [5.74, 6) is 0.939. The van der Waals surface area contributed by atoms with E-state index in [-0.39, 0.29) is 11.6 Å². The van der Waals surface area contributed by atoms with Gasteiger partial charge in [-0.05, 0) is 42.5 Å². The maximum absolute atomic E-state index is 6.42. The maximum atomic E-state index is 6.42. The van der Waals surface area contributed by atoms with Crippen molar-refractivity contribution in [1.82, 2.24) is 4.57 Å². The zero-order chi connectivity index (χ0) is 16.4. The van der Waals surface area contributed by atoms with Crippen LogP contribution in [0.3, 0.4) is 0 Å². The fraction of sp³-hybridized carbons (Fsp3) is 0.263. The normalized spacial score (nSPS) is 16.8. The van der Waals surface area contributed by atoms with Gasteiger partial charge in [-0.1, -0.05) is 52.6 Å². The molecule has 2 nitrogen and oxygen atoms in total. The van der Waals surface area contributed by atoms with Crippen molar-refractivity contribution >= 4 is 42.8 Å². The predicted octanol–water partition coefficient (Wildman–Crippen LogP) is 6.77. The molecule has 0 unspecified atom stereocenters. The molecule has 4 heteroatoms. The second-order valence-corrected chi connectivity index (χ2v) is 8.91. The lowest BCUT2D eigenvalue weighted by Crippen LogP contribution is -2.32. The van der Waals surface area contributed by atoms with Crippen molar-refractivity contribution in [2.24, 2.45) is 5.41 Å². The molecule has 0 aliphatic carbocycles. The van der Waals surface area contributed by atoms with Crippen LogP contribution in [0.5, 0.6) is 5.75 Å². The third-order valence-corrected chi connectivity index (χ3v) is 5.22. The minimum atomic E-state index is -0.0435. The van der Waals surface area contributed by atoms with E-state index in [2.05, 4.69) is 99.7 Å². The van der Waals surface area contributed by atoms with Gasteiger partial charge < -0.3 is 9.30 Å². The zero-order valence-corrected chi connectivity index (χ0v) is 16.4. The molecule has 0 fully saturated rings. The molecule has 1 atom stereocenters. The van der Waals surface area contributed by atoms with Gasteiger partial charge in [0.25, 0.3) is 0 Å². The molecule has 118 valence electrons. The first kappa shape index (κ1) is 15.3. The van der Waals surface area contributed by atoms with Crippen LogP contribution in [-0.4, -0.2) is 4.57 Å². The lowest BCUT2D eigenvalue weighted by molar-refractivity contribution is 0.0244. The molecular weight excluding hydrogens is 418 g/mol. The number of aromatic nitrogens is 1. The molecule has 0 amide bonds. The van der Waals surface area contributed by atoms with E-state index in [1.54, 1.807) is 0 Å². The smallest absolute Gasteiger partial charge is 0.181 e. The third kappa shape index (κ3) is 2.43. The number of benzene rings is 2. The SMILES string of the molecule is CC(C)(C)[C@@H]1Oc2cc(Br)ccc2-c2cc3cc(Br)ccc3n21. The van der Waals surface area contributed by atoms with E-state index >= 15 is 0 Å². The van der Waals surface area contributed by atoms with Crippen LogP contribution >= 0.6 is 31.9 Å². The summed E-state index contributed by atoms with van der Waals surface area (Å²) in [7, 11) is 0. The largest absolute Gasteiger partial charge is 0.469 e. The summed E-state index contributed by atoms with van der Waals surface area (Å²) in [6.45, 7) is 6.65. The average Bonchev–Trinajstić information content (AvgIpc) is 2.83. The van der Waals surface area contributed by atoms with Gasteiger partial charge in [-0.15, -0.1) is 0 Å². The molecule has 1 aliphatic rings. The van der Waals surface area contributed by atoms with Crippen molar-refractivity contribution in [3.8, 4) is 17.0 Å². The first-order valence-electron chi connectivity index (χ1n) is 7.62. The Hall–Kier alpha value is -1.26. The van der Waals surface area contributed by atoms with Crippen molar-refractivity contribution in [1.29, 1.82) is 0 Å². The van der Waals surface area contributed by atoms with E-state index in [1.165, 1.54) is 16.6 Å². The van der Waals surface area contributed by atoms with Crippen LogP contribution in [0, 0.1) is 5.41 Å². The van der Waals surface area contributed by atoms with Gasteiger partial charge in [0, 0.05) is 25.3 Å². The Balaban J connectivity index is 2.07. The summed E-state index contributed by atoms with van der Waals surface area (Å²) in [5, 5.41) is 1.22. The fourth-order valence-electron chi connectivity index (χ4n) is 3.21. The maximum Gasteiger partial charge on any atom is 0.181 e. The van der Waals surface area contributed by atoms with Crippen LogP contribution in [0.4, 0.5) is 0 Å². The third-order valence-electron chi connectivity index (χ3n) is 4.23. The van der Waals surface area contributed by atoms with E-state index in [0.717, 1.165) is 20.3 Å². The molecule has 3 aromatic rings. The molecular formula is C19H17Br2NO. The van der Waals surface area contributed by atoms with Crippen LogP contribution in [0.1, 0.15) is 27.0 Å². The second-order valence-electron chi connectivity index (χ2n) is 7.08. The second kappa shape index (κ2) is 5.12. The van der Waals surface area contributed by atoms with Gasteiger partial charge in [-0.25, -0.2) is 0 Å². The van der Waals surface area contributed by atoms with Gasteiger partial charge in [-0.3, -0.25) is 0 Å². The minimum Gasteiger partial charge on any atom is -0.469 e. The summed E-state index contributed by atoms with van der Waals surface area (Å²) in [6, 6.07) is 14.9. The molecule has 0 saturated carbocycles. The van der Waals surface area contributed by atoms with Gasteiger partial charge in [0.1, 0.15) is 5.75 Å². The van der Waals surface area contributed by atoms with Gasteiger partial charge in [0.05, 0.1) is 11.2 Å². The highest BCUT2D eigenvalue weighted by Crippen LogP contribution is 2.48. The number of fused-ring (bicyclic) bond motifs is 5. The van der Waals surface area contributed by atoms with E-state index in [0.29, 0.717) is 0 Å². The number of halogens is 2. The van der Waals surface area contributed by atoms with Crippen molar-refractivity contribution in [3.05, 3.63) is 51.4 Å². The van der Waals surface area contributed by atoms with E-state index in [1.807, 2.05) is 0 Å². The van der Waals surface area contributed by atoms with Gasteiger partial charge in [0.2, 0.25) is 0 Å². The number of hydrogen-bond acceptors (Lipinski definition) is 1. The lowest BCUT2D eigenvalue weighted by atomic mass is 9.92. The predicted molar refractivity (Wildman–Crippen MR) is 102 cm³/mol. The molecule has 0 saturated heterocycles. The van der Waals surface area contributed by atoms with Gasteiger partial charge in [0.15, 0.2) is 6.23 Å². The van der Waals surface area contributed by atoms with E-state index in [4.69, 9.17) is 4.74 Å². The molecule has 0 radical (unpaired) electrons. The van der Waals surface area contributed by atoms with Crippen molar-refractivity contribution in [2.75, 3.05) is 0 Å². The monoisotopic (exact) mass is 433 g/mol. The molecule has 0 bridgehead atoms. The lowest BCUT2D eigenvalue weighted by Gasteiger charge is -2.38. The molecule has 2 aromatic carbocycles. The van der Waals surface area contributed by atoms with Crippen LogP contribution in [0.2, 0.25) is 0 Å². The molecule has 2 heterocycles. The summed E-state index contributed by atoms with van der Waals surface area (Å²) >= 11 is 7.13. The Labute approximate surface area is 152 Å². The summed E-state index contributed by atoms with van der Waals surface area (Å²) in [4.78, 5) is 0. The van der Waals surface area contributed by atoms with Crippen LogP contribution in [-0.2, 0) is 0 Å². The number of hydrogen-bond donors (Lipinski definition) is 0. The van der Waals surface area contributed by atoms with Crippen LogP contribution in [0.25, 0.3) is 22.2 Å². The highest BCUT2D eigenvalue weighted by Gasteiger charge is 2.35. The molecule has 0 spiro atoms. The number of ether oxygens (including phenoxy) is 1. The Morgan fingerprint density at radius 2 is 1.65 bits per heavy atom. The Bertz CT molecular complexity index is 921. The first-order chi connectivity index (χ1) is 10.8. The molecule has 0 N–H and O–H groups in total. The van der Waals surface area contributed by atoms with Gasteiger partial charge >= 0.3 is 0 Å². The Morgan fingerprint density at radius 3 is 2.39 bits per heavy atom. The number of nitrogens with zero attached hydrogens (tertiary/aromatic N) is 1. The molecule has 23 heavy (non-hydrogen) atoms. The highest BCUT2D eigenvalue weighted by atomic mass is 79.9. The molecule has 1 aromatic heterocycles. The van der Waals surface area contributed by atoms with Crippen molar-refractivity contribution < 1.29 is 4.74 Å². The summed E-state index contributed by atoms with van der Waals surface area (Å²) < 4.78 is 10.9. The van der Waals surface area contributed by atoms with E-state index in [9.17, 15) is 0 Å². The van der Waals surface area contributed by atoms with E-state index < -0.39 is 0 Å². The van der Waals surface area contributed by atoms with Crippen molar-refractivity contribution in [2.45, 2.75) is 27.0 Å². The molecule has 1 aliphatic heterocycles. The Morgan fingerprint density at radius 1 is 0.957 bits per heavy atom. The van der Waals surface area contributed by atoms with Crippen LogP contribution in [0.15, 0.2) is 51.4 Å².